The molecule has 5 heteroatoms. The molecule has 2 atom stereocenters. The van der Waals surface area contributed by atoms with Gasteiger partial charge in [-0.05, 0) is 49.5 Å². The van der Waals surface area contributed by atoms with Crippen molar-refractivity contribution < 1.29 is 4.74 Å². The van der Waals surface area contributed by atoms with Gasteiger partial charge in [-0.15, -0.1) is 0 Å². The molecule has 0 amide bonds. The Morgan fingerprint density at radius 3 is 2.82 bits per heavy atom. The summed E-state index contributed by atoms with van der Waals surface area (Å²) in [7, 11) is 0. The lowest BCUT2D eigenvalue weighted by Crippen LogP contribution is -2.65. The van der Waals surface area contributed by atoms with E-state index in [0.29, 0.717) is 10.1 Å². The average Bonchev–Trinajstić information content (AvgIpc) is 2.48. The van der Waals surface area contributed by atoms with Gasteiger partial charge < -0.3 is 10.1 Å². The van der Waals surface area contributed by atoms with E-state index in [2.05, 4.69) is 17.1 Å². The fourth-order valence-corrected chi connectivity index (χ4v) is 3.93. The summed E-state index contributed by atoms with van der Waals surface area (Å²) >= 11 is 11.7. The van der Waals surface area contributed by atoms with Crippen molar-refractivity contribution >= 4 is 34.6 Å². The first kappa shape index (κ1) is 13.9. The quantitative estimate of drug-likeness (QED) is 0.789. The SMILES string of the molecule is C[C@@]12C[C@@H](NC(=S)N1c1ccccc1)c1cc(Cl)ccc1O2. The Balaban J connectivity index is 1.81. The van der Waals surface area contributed by atoms with Gasteiger partial charge in [0.15, 0.2) is 10.8 Å². The highest BCUT2D eigenvalue weighted by atomic mass is 35.5. The molecule has 2 aliphatic heterocycles. The molecule has 22 heavy (non-hydrogen) atoms. The monoisotopic (exact) mass is 330 g/mol. The number of fused-ring (bicyclic) bond motifs is 4. The number of nitrogens with one attached hydrogen (secondary N) is 1. The molecule has 2 aliphatic rings. The first-order chi connectivity index (χ1) is 10.6. The number of benzene rings is 2. The Morgan fingerprint density at radius 1 is 1.27 bits per heavy atom. The Morgan fingerprint density at radius 2 is 2.05 bits per heavy atom. The summed E-state index contributed by atoms with van der Waals surface area (Å²) in [5.74, 6) is 0.860. The number of para-hydroxylation sites is 1. The summed E-state index contributed by atoms with van der Waals surface area (Å²) in [6, 6.07) is 16.0. The minimum atomic E-state index is -0.505. The predicted octanol–water partition coefficient (Wildman–Crippen LogP) is 4.27. The minimum Gasteiger partial charge on any atom is -0.467 e. The van der Waals surface area contributed by atoms with Crippen molar-refractivity contribution in [2.24, 2.45) is 0 Å². The van der Waals surface area contributed by atoms with E-state index in [-0.39, 0.29) is 6.04 Å². The third-order valence-electron chi connectivity index (χ3n) is 4.25. The molecular weight excluding hydrogens is 316 g/mol. The zero-order valence-electron chi connectivity index (χ0n) is 12.0. The molecule has 0 spiro atoms. The Hall–Kier alpha value is -1.78. The van der Waals surface area contributed by atoms with Crippen LogP contribution in [0.3, 0.4) is 0 Å². The van der Waals surface area contributed by atoms with Crippen LogP contribution in [0.15, 0.2) is 48.5 Å². The van der Waals surface area contributed by atoms with E-state index >= 15 is 0 Å². The zero-order chi connectivity index (χ0) is 15.3. The molecule has 0 unspecified atom stereocenters. The lowest BCUT2D eigenvalue weighted by Gasteiger charge is -2.52. The van der Waals surface area contributed by atoms with Crippen LogP contribution in [0.1, 0.15) is 24.9 Å². The number of hydrogen-bond acceptors (Lipinski definition) is 2. The predicted molar refractivity (Wildman–Crippen MR) is 92.5 cm³/mol. The van der Waals surface area contributed by atoms with Gasteiger partial charge >= 0.3 is 0 Å². The van der Waals surface area contributed by atoms with Crippen LogP contribution in [-0.4, -0.2) is 10.8 Å². The maximum atomic E-state index is 6.32. The molecule has 0 saturated carbocycles. The lowest BCUT2D eigenvalue weighted by molar-refractivity contribution is 0.0498. The van der Waals surface area contributed by atoms with Crippen molar-refractivity contribution in [1.29, 1.82) is 0 Å². The molecule has 1 saturated heterocycles. The number of rotatable bonds is 1. The van der Waals surface area contributed by atoms with Gasteiger partial charge in [-0.3, -0.25) is 4.90 Å². The minimum absolute atomic E-state index is 0.125. The topological polar surface area (TPSA) is 24.5 Å². The Kier molecular flexibility index (Phi) is 3.06. The highest BCUT2D eigenvalue weighted by Crippen LogP contribution is 2.46. The van der Waals surface area contributed by atoms with Crippen molar-refractivity contribution in [1.82, 2.24) is 5.32 Å². The Labute approximate surface area is 139 Å². The third kappa shape index (κ3) is 2.06. The second kappa shape index (κ2) is 4.86. The number of nitrogens with zero attached hydrogens (tertiary/aromatic N) is 1. The molecule has 0 aromatic heterocycles. The number of ether oxygens (including phenoxy) is 1. The molecule has 1 N–H and O–H groups in total. The molecule has 2 aromatic rings. The molecule has 0 aliphatic carbocycles. The van der Waals surface area contributed by atoms with Crippen molar-refractivity contribution in [2.45, 2.75) is 25.1 Å². The molecule has 3 nitrogen and oxygen atoms in total. The van der Waals surface area contributed by atoms with Crippen LogP contribution in [0.4, 0.5) is 5.69 Å². The van der Waals surface area contributed by atoms with E-state index in [4.69, 9.17) is 28.6 Å². The van der Waals surface area contributed by atoms with Crippen LogP contribution in [0, 0.1) is 0 Å². The van der Waals surface area contributed by atoms with Gasteiger partial charge in [-0.1, -0.05) is 29.8 Å². The summed E-state index contributed by atoms with van der Waals surface area (Å²) in [4.78, 5) is 2.05. The van der Waals surface area contributed by atoms with E-state index in [0.717, 1.165) is 23.4 Å². The summed E-state index contributed by atoms with van der Waals surface area (Å²) < 4.78 is 6.32. The first-order valence-electron chi connectivity index (χ1n) is 7.21. The van der Waals surface area contributed by atoms with Crippen LogP contribution >= 0.6 is 23.8 Å². The van der Waals surface area contributed by atoms with Crippen LogP contribution in [0.5, 0.6) is 5.75 Å². The first-order valence-corrected chi connectivity index (χ1v) is 8.00. The fourth-order valence-electron chi connectivity index (χ4n) is 3.31. The van der Waals surface area contributed by atoms with E-state index < -0.39 is 5.72 Å². The maximum absolute atomic E-state index is 6.32. The van der Waals surface area contributed by atoms with E-state index in [1.165, 1.54) is 0 Å². The average molecular weight is 331 g/mol. The number of halogens is 1. The number of hydrogen-bond donors (Lipinski definition) is 1. The van der Waals surface area contributed by atoms with Crippen molar-refractivity contribution in [3.05, 3.63) is 59.1 Å². The molecule has 1 fully saturated rings. The fraction of sp³-hybridized carbons (Fsp3) is 0.235. The van der Waals surface area contributed by atoms with Gasteiger partial charge in [-0.2, -0.15) is 0 Å². The zero-order valence-corrected chi connectivity index (χ0v) is 13.6. The molecule has 2 bridgehead atoms. The number of anilines is 1. The Bertz CT molecular complexity index is 752. The second-order valence-corrected chi connectivity index (χ2v) is 6.66. The second-order valence-electron chi connectivity index (χ2n) is 5.84. The standard InChI is InChI=1S/C17H15ClN2OS/c1-17-10-14(13-9-11(18)7-8-15(13)21-17)19-16(22)20(17)12-5-3-2-4-6-12/h2-9,14H,10H2,1H3,(H,19,22)/t14-,17-/m1/s1. The summed E-state index contributed by atoms with van der Waals surface area (Å²) in [6.07, 6.45) is 0.801. The highest BCUT2D eigenvalue weighted by Gasteiger charge is 2.48. The summed E-state index contributed by atoms with van der Waals surface area (Å²) in [6.45, 7) is 2.08. The lowest BCUT2D eigenvalue weighted by atomic mass is 9.90. The van der Waals surface area contributed by atoms with Crippen LogP contribution in [-0.2, 0) is 0 Å². The smallest absolute Gasteiger partial charge is 0.188 e. The molecule has 4 rings (SSSR count). The summed E-state index contributed by atoms with van der Waals surface area (Å²) in [5, 5.41) is 4.81. The van der Waals surface area contributed by atoms with E-state index in [1.807, 2.05) is 48.5 Å². The van der Waals surface area contributed by atoms with Crippen molar-refractivity contribution in [3.8, 4) is 5.75 Å². The van der Waals surface area contributed by atoms with Gasteiger partial charge in [-0.25, -0.2) is 0 Å². The third-order valence-corrected chi connectivity index (χ3v) is 4.78. The van der Waals surface area contributed by atoms with Gasteiger partial charge in [0.25, 0.3) is 0 Å². The molecule has 0 radical (unpaired) electrons. The van der Waals surface area contributed by atoms with Gasteiger partial charge in [0.1, 0.15) is 5.75 Å². The van der Waals surface area contributed by atoms with Crippen molar-refractivity contribution in [2.75, 3.05) is 4.90 Å². The largest absolute Gasteiger partial charge is 0.467 e. The summed E-state index contributed by atoms with van der Waals surface area (Å²) in [5.41, 5.74) is 1.59. The van der Waals surface area contributed by atoms with Crippen molar-refractivity contribution in [3.63, 3.8) is 0 Å². The van der Waals surface area contributed by atoms with Gasteiger partial charge in [0, 0.05) is 22.7 Å². The van der Waals surface area contributed by atoms with Crippen LogP contribution in [0.25, 0.3) is 0 Å². The molecular formula is C17H15ClN2OS. The van der Waals surface area contributed by atoms with Crippen LogP contribution < -0.4 is 15.0 Å². The highest BCUT2D eigenvalue weighted by molar-refractivity contribution is 7.80. The van der Waals surface area contributed by atoms with Gasteiger partial charge in [0.2, 0.25) is 0 Å². The molecule has 2 aromatic carbocycles. The normalized spacial score (nSPS) is 26.0. The maximum Gasteiger partial charge on any atom is 0.188 e. The molecule has 112 valence electrons. The molecule has 2 heterocycles. The van der Waals surface area contributed by atoms with Crippen LogP contribution in [0.2, 0.25) is 5.02 Å². The van der Waals surface area contributed by atoms with E-state index in [9.17, 15) is 0 Å². The van der Waals surface area contributed by atoms with Gasteiger partial charge in [0.05, 0.1) is 6.04 Å². The number of thiocarbonyl (C=S) groups is 1. The van der Waals surface area contributed by atoms with E-state index in [1.54, 1.807) is 0 Å².